The van der Waals surface area contributed by atoms with Crippen LogP contribution in [0.1, 0.15) is 0 Å². The van der Waals surface area contributed by atoms with E-state index in [4.69, 9.17) is 15.3 Å². The summed E-state index contributed by atoms with van der Waals surface area (Å²) in [5, 5.41) is 24.0. The predicted octanol–water partition coefficient (Wildman–Crippen LogP) is -0.568. The third-order valence-corrected chi connectivity index (χ3v) is 1.25. The van der Waals surface area contributed by atoms with Gasteiger partial charge in [0.15, 0.2) is 0 Å². The standard InChI is InChI=1S/C3H8O2S.C2H4O2S.H3N/c4-1-3(5)2-6;3-2(4)1-5;/h3-6H,1-2H2;5H,1H2,(H,3,4);1H3. The zero-order valence-electron chi connectivity index (χ0n) is 6.55. The molecule has 1 unspecified atom stereocenters. The Morgan fingerprint density at radius 3 is 1.75 bits per heavy atom. The molecule has 0 spiro atoms. The highest BCUT2D eigenvalue weighted by molar-refractivity contribution is 7.81. The fraction of sp³-hybridized carbons (Fsp3) is 0.800. The van der Waals surface area contributed by atoms with Gasteiger partial charge in [0, 0.05) is 5.75 Å². The fourth-order valence-corrected chi connectivity index (χ4v) is 0.173. The summed E-state index contributed by atoms with van der Waals surface area (Å²) in [6.07, 6.45) is -0.645. The van der Waals surface area contributed by atoms with Crippen molar-refractivity contribution in [3.63, 3.8) is 0 Å². The van der Waals surface area contributed by atoms with Gasteiger partial charge in [-0.25, -0.2) is 0 Å². The predicted molar refractivity (Wildman–Crippen MR) is 53.5 cm³/mol. The minimum Gasteiger partial charge on any atom is -0.481 e. The zero-order valence-corrected chi connectivity index (χ0v) is 8.34. The zero-order chi connectivity index (χ0) is 9.28. The van der Waals surface area contributed by atoms with Crippen LogP contribution < -0.4 is 6.15 Å². The lowest BCUT2D eigenvalue weighted by Crippen LogP contribution is -2.12. The lowest BCUT2D eigenvalue weighted by molar-refractivity contribution is -0.133. The molecule has 12 heavy (non-hydrogen) atoms. The van der Waals surface area contributed by atoms with Gasteiger partial charge in [-0.3, -0.25) is 4.79 Å². The molecule has 1 atom stereocenters. The van der Waals surface area contributed by atoms with E-state index >= 15 is 0 Å². The first kappa shape index (κ1) is 18.0. The molecular weight excluding hydrogens is 202 g/mol. The second-order valence-corrected chi connectivity index (χ2v) is 2.25. The Labute approximate surface area is 82.2 Å². The van der Waals surface area contributed by atoms with Gasteiger partial charge in [-0.05, 0) is 0 Å². The first-order valence-electron chi connectivity index (χ1n) is 2.80. The van der Waals surface area contributed by atoms with E-state index in [9.17, 15) is 4.79 Å². The Morgan fingerprint density at radius 2 is 1.75 bits per heavy atom. The molecule has 0 fully saturated rings. The van der Waals surface area contributed by atoms with E-state index in [1.165, 1.54) is 0 Å². The van der Waals surface area contributed by atoms with E-state index in [0.717, 1.165) is 0 Å². The minimum absolute atomic E-state index is 0. The number of carbonyl (C=O) groups is 1. The van der Waals surface area contributed by atoms with Crippen molar-refractivity contribution in [2.24, 2.45) is 0 Å². The number of thiol groups is 2. The molecule has 0 aliphatic rings. The molecule has 0 aromatic carbocycles. The van der Waals surface area contributed by atoms with Crippen LogP contribution in [0.5, 0.6) is 0 Å². The number of aliphatic carboxylic acids is 1. The van der Waals surface area contributed by atoms with E-state index in [0.29, 0.717) is 5.75 Å². The quantitative estimate of drug-likeness (QED) is 0.355. The number of aliphatic hydroxyl groups is 2. The van der Waals surface area contributed by atoms with Crippen LogP contribution in [0.4, 0.5) is 0 Å². The van der Waals surface area contributed by atoms with E-state index in [1.54, 1.807) is 0 Å². The molecule has 0 aromatic heterocycles. The maximum Gasteiger partial charge on any atom is 0.313 e. The maximum atomic E-state index is 9.29. The maximum absolute atomic E-state index is 9.29. The summed E-state index contributed by atoms with van der Waals surface area (Å²) in [7, 11) is 0. The SMILES string of the molecule is N.O=C(O)CS.OCC(O)CS. The van der Waals surface area contributed by atoms with Gasteiger partial charge in [-0.1, -0.05) is 0 Å². The normalized spacial score (nSPS) is 10.3. The topological polar surface area (TPSA) is 113 Å². The summed E-state index contributed by atoms with van der Waals surface area (Å²) >= 11 is 7.10. The van der Waals surface area contributed by atoms with Gasteiger partial charge in [0.1, 0.15) is 0 Å². The number of carboxylic acids is 1. The number of aliphatic hydroxyl groups excluding tert-OH is 2. The van der Waals surface area contributed by atoms with Crippen LogP contribution in [0.15, 0.2) is 0 Å². The van der Waals surface area contributed by atoms with Crippen molar-refractivity contribution in [3.05, 3.63) is 0 Å². The van der Waals surface area contributed by atoms with Crippen LogP contribution in [0.3, 0.4) is 0 Å². The largest absolute Gasteiger partial charge is 0.481 e. The van der Waals surface area contributed by atoms with Gasteiger partial charge in [0.05, 0.1) is 18.5 Å². The molecule has 7 heteroatoms. The molecule has 0 saturated heterocycles. The summed E-state index contributed by atoms with van der Waals surface area (Å²) < 4.78 is 0. The Balaban J connectivity index is -0.000000126. The van der Waals surface area contributed by atoms with Crippen molar-refractivity contribution >= 4 is 31.2 Å². The van der Waals surface area contributed by atoms with Crippen LogP contribution in [-0.4, -0.2) is 45.5 Å². The number of hydrogen-bond donors (Lipinski definition) is 6. The van der Waals surface area contributed by atoms with Crippen molar-refractivity contribution in [2.45, 2.75) is 6.10 Å². The highest BCUT2D eigenvalue weighted by Gasteiger charge is 1.92. The number of carboxylic acid groups (broad SMARTS) is 1. The smallest absolute Gasteiger partial charge is 0.313 e. The lowest BCUT2D eigenvalue weighted by Gasteiger charge is -1.96. The molecule has 5 nitrogen and oxygen atoms in total. The van der Waals surface area contributed by atoms with Gasteiger partial charge in [0.25, 0.3) is 0 Å². The Morgan fingerprint density at radius 1 is 1.42 bits per heavy atom. The average Bonchev–Trinajstić information content (AvgIpc) is 2.04. The molecule has 0 bridgehead atoms. The summed E-state index contributed by atoms with van der Waals surface area (Å²) in [5.74, 6) is -0.635. The Hall–Kier alpha value is 0.0500. The fourth-order valence-electron chi connectivity index (χ4n) is 0.0577. The summed E-state index contributed by atoms with van der Waals surface area (Å²) in [6, 6.07) is 0. The van der Waals surface area contributed by atoms with Crippen molar-refractivity contribution in [1.82, 2.24) is 6.15 Å². The van der Waals surface area contributed by atoms with Crippen LogP contribution in [0, 0.1) is 0 Å². The van der Waals surface area contributed by atoms with Gasteiger partial charge in [-0.15, -0.1) is 0 Å². The molecule has 0 aliphatic carbocycles. The monoisotopic (exact) mass is 217 g/mol. The molecule has 0 amide bonds. The van der Waals surface area contributed by atoms with Gasteiger partial charge < -0.3 is 21.5 Å². The highest BCUT2D eigenvalue weighted by atomic mass is 32.1. The van der Waals surface area contributed by atoms with Gasteiger partial charge in [-0.2, -0.15) is 25.3 Å². The first-order chi connectivity index (χ1) is 5.08. The third-order valence-electron chi connectivity index (χ3n) is 0.557. The van der Waals surface area contributed by atoms with E-state index in [1.807, 2.05) is 0 Å². The third kappa shape index (κ3) is 22.5. The number of rotatable bonds is 3. The molecule has 0 rings (SSSR count). The summed E-state index contributed by atoms with van der Waals surface area (Å²) in [5.41, 5.74) is 0. The van der Waals surface area contributed by atoms with Crippen molar-refractivity contribution in [1.29, 1.82) is 0 Å². The molecule has 0 aromatic rings. The molecular formula is C5H15NO4S2. The molecule has 0 aliphatic heterocycles. The first-order valence-corrected chi connectivity index (χ1v) is 4.07. The van der Waals surface area contributed by atoms with Crippen LogP contribution in [0.25, 0.3) is 0 Å². The Bertz CT molecular complexity index is 99.4. The van der Waals surface area contributed by atoms with Gasteiger partial charge in [0.2, 0.25) is 0 Å². The van der Waals surface area contributed by atoms with E-state index in [2.05, 4.69) is 25.3 Å². The second kappa shape index (κ2) is 13.6. The lowest BCUT2D eigenvalue weighted by atomic mass is 10.4. The van der Waals surface area contributed by atoms with E-state index < -0.39 is 12.1 Å². The number of hydrogen-bond acceptors (Lipinski definition) is 6. The summed E-state index contributed by atoms with van der Waals surface area (Å²) in [6.45, 7) is -0.191. The highest BCUT2D eigenvalue weighted by Crippen LogP contribution is 1.81. The minimum atomic E-state index is -0.881. The molecule has 0 saturated carbocycles. The molecule has 0 heterocycles. The van der Waals surface area contributed by atoms with E-state index in [-0.39, 0.29) is 18.5 Å². The van der Waals surface area contributed by atoms with Gasteiger partial charge >= 0.3 is 5.97 Å². The Kier molecular flexibility index (Phi) is 20.4. The second-order valence-electron chi connectivity index (χ2n) is 1.57. The van der Waals surface area contributed by atoms with Crippen LogP contribution in [-0.2, 0) is 4.79 Å². The molecule has 0 radical (unpaired) electrons. The van der Waals surface area contributed by atoms with Crippen LogP contribution in [0.2, 0.25) is 0 Å². The molecule has 6 N–H and O–H groups in total. The molecule has 76 valence electrons. The van der Waals surface area contributed by atoms with Crippen LogP contribution >= 0.6 is 25.3 Å². The summed E-state index contributed by atoms with van der Waals surface area (Å²) in [4.78, 5) is 9.29. The van der Waals surface area contributed by atoms with Crippen molar-refractivity contribution in [2.75, 3.05) is 18.1 Å². The van der Waals surface area contributed by atoms with Crippen molar-refractivity contribution in [3.8, 4) is 0 Å². The average molecular weight is 217 g/mol. The van der Waals surface area contributed by atoms with Crippen molar-refractivity contribution < 1.29 is 20.1 Å².